The van der Waals surface area contributed by atoms with Crippen LogP contribution < -0.4 is 4.57 Å². The second-order valence-corrected chi connectivity index (χ2v) is 8.59. The van der Waals surface area contributed by atoms with Crippen molar-refractivity contribution in [3.63, 3.8) is 0 Å². The molecule has 1 aromatic heterocycles. The molecule has 1 heterocycles. The number of unbranched alkanes of at least 4 members (excludes halogenated alkanes) is 8. The highest BCUT2D eigenvalue weighted by molar-refractivity contribution is 7.98. The maximum Gasteiger partial charge on any atom is 0.289 e. The molecule has 0 amide bonds. The molecule has 0 atom stereocenters. The zero-order valence-electron chi connectivity index (χ0n) is 17.5. The number of hydrogen-bond acceptors (Lipinski definition) is 1. The van der Waals surface area contributed by atoms with Gasteiger partial charge in [-0.1, -0.05) is 77.0 Å². The van der Waals surface area contributed by atoms with Gasteiger partial charge in [-0.05, 0) is 37.1 Å². The number of nitrogens with zero attached hydrogens (tertiary/aromatic N) is 2. The van der Waals surface area contributed by atoms with Crippen LogP contribution >= 0.6 is 11.8 Å². The molecule has 0 saturated carbocycles. The molecule has 27 heavy (non-hydrogen) atoms. The first-order valence-electron chi connectivity index (χ1n) is 11.1. The van der Waals surface area contributed by atoms with E-state index in [1.807, 2.05) is 0 Å². The number of imidazole rings is 1. The Balaban J connectivity index is 1.92. The van der Waals surface area contributed by atoms with Crippen LogP contribution in [0.4, 0.5) is 0 Å². The van der Waals surface area contributed by atoms with E-state index in [0.717, 1.165) is 12.4 Å². The number of thioether (sulfide) groups is 1. The summed E-state index contributed by atoms with van der Waals surface area (Å²) in [6.45, 7) is 5.69. The predicted octanol–water partition coefficient (Wildman–Crippen LogP) is 7.07. The van der Waals surface area contributed by atoms with Gasteiger partial charge in [-0.15, -0.1) is 11.8 Å². The van der Waals surface area contributed by atoms with E-state index < -0.39 is 0 Å². The molecule has 0 spiro atoms. The summed E-state index contributed by atoms with van der Waals surface area (Å²) in [5, 5.41) is 0. The molecular weight excluding hydrogens is 348 g/mol. The maximum absolute atomic E-state index is 2.47. The van der Waals surface area contributed by atoms with Crippen LogP contribution in [0.5, 0.6) is 0 Å². The highest BCUT2D eigenvalue weighted by atomic mass is 32.2. The molecule has 3 heteroatoms. The topological polar surface area (TPSA) is 8.81 Å². The van der Waals surface area contributed by atoms with Gasteiger partial charge in [0.15, 0.2) is 0 Å². The summed E-state index contributed by atoms with van der Waals surface area (Å²) >= 11 is 2.07. The number of rotatable bonds is 15. The van der Waals surface area contributed by atoms with Crippen LogP contribution in [0.3, 0.4) is 0 Å². The first kappa shape index (κ1) is 22.1. The van der Waals surface area contributed by atoms with Crippen molar-refractivity contribution in [3.05, 3.63) is 42.7 Å². The Morgan fingerprint density at radius 1 is 0.815 bits per heavy atom. The lowest BCUT2D eigenvalue weighted by molar-refractivity contribution is -0.664. The average Bonchev–Trinajstić information content (AvgIpc) is 3.10. The first-order chi connectivity index (χ1) is 13.4. The van der Waals surface area contributed by atoms with E-state index >= 15 is 0 Å². The zero-order valence-corrected chi connectivity index (χ0v) is 18.4. The molecule has 0 aliphatic rings. The first-order valence-corrected chi connectivity index (χ1v) is 12.2. The minimum Gasteiger partial charge on any atom is -0.230 e. The zero-order chi connectivity index (χ0) is 19.2. The predicted molar refractivity (Wildman–Crippen MR) is 120 cm³/mol. The summed E-state index contributed by atoms with van der Waals surface area (Å²) in [6, 6.07) is 10.9. The molecule has 0 aliphatic carbocycles. The van der Waals surface area contributed by atoms with E-state index in [9.17, 15) is 0 Å². The van der Waals surface area contributed by atoms with Crippen molar-refractivity contribution in [2.75, 3.05) is 5.75 Å². The van der Waals surface area contributed by atoms with Crippen molar-refractivity contribution < 1.29 is 4.57 Å². The van der Waals surface area contributed by atoms with Gasteiger partial charge in [-0.25, -0.2) is 9.13 Å². The van der Waals surface area contributed by atoms with E-state index in [4.69, 9.17) is 0 Å². The molecule has 0 aliphatic heterocycles. The van der Waals surface area contributed by atoms with Gasteiger partial charge >= 0.3 is 0 Å². The average molecular weight is 388 g/mol. The molecule has 0 unspecified atom stereocenters. The highest BCUT2D eigenvalue weighted by Crippen LogP contribution is 2.18. The summed E-state index contributed by atoms with van der Waals surface area (Å²) < 4.78 is 4.91. The monoisotopic (exact) mass is 387 g/mol. The smallest absolute Gasteiger partial charge is 0.230 e. The van der Waals surface area contributed by atoms with Gasteiger partial charge in [-0.2, -0.15) is 0 Å². The molecular formula is C24H39N2S+. The minimum absolute atomic E-state index is 1.06. The number of benzene rings is 1. The number of aromatic nitrogens is 2. The third-order valence-electron chi connectivity index (χ3n) is 5.13. The lowest BCUT2D eigenvalue weighted by Crippen LogP contribution is -2.33. The minimum atomic E-state index is 1.06. The second kappa shape index (κ2) is 13.9. The Kier molecular flexibility index (Phi) is 11.3. The van der Waals surface area contributed by atoms with Crippen molar-refractivity contribution in [2.24, 2.45) is 0 Å². The third-order valence-corrected chi connectivity index (χ3v) is 6.17. The second-order valence-electron chi connectivity index (χ2n) is 7.52. The van der Waals surface area contributed by atoms with E-state index in [-0.39, 0.29) is 0 Å². The molecule has 0 fully saturated rings. The summed E-state index contributed by atoms with van der Waals surface area (Å²) in [5.74, 6) is 3.69. The lowest BCUT2D eigenvalue weighted by Gasteiger charge is -2.06. The van der Waals surface area contributed by atoms with Crippen LogP contribution in [0.1, 0.15) is 78.1 Å². The summed E-state index contributed by atoms with van der Waals surface area (Å²) in [4.78, 5) is 0. The van der Waals surface area contributed by atoms with Crippen molar-refractivity contribution in [1.29, 1.82) is 0 Å². The van der Waals surface area contributed by atoms with Crippen LogP contribution in [-0.2, 0) is 12.4 Å². The van der Waals surface area contributed by atoms with E-state index in [1.54, 1.807) is 0 Å². The van der Waals surface area contributed by atoms with Gasteiger partial charge in [0, 0.05) is 0 Å². The fourth-order valence-corrected chi connectivity index (χ4v) is 4.47. The molecule has 0 bridgehead atoms. The summed E-state index contributed by atoms with van der Waals surface area (Å²) in [6.07, 6.45) is 18.1. The van der Waals surface area contributed by atoms with Gasteiger partial charge < -0.3 is 0 Å². The SMILES string of the molecule is CCCCCCCCn1cc[n+](CSCCCCCC)c1-c1ccccc1. The highest BCUT2D eigenvalue weighted by Gasteiger charge is 2.18. The molecule has 2 rings (SSSR count). The quantitative estimate of drug-likeness (QED) is 0.234. The van der Waals surface area contributed by atoms with Crippen molar-refractivity contribution in [3.8, 4) is 11.4 Å². The molecule has 2 nitrogen and oxygen atoms in total. The summed E-state index contributed by atoms with van der Waals surface area (Å²) in [7, 11) is 0. The Bertz CT molecular complexity index is 573. The largest absolute Gasteiger partial charge is 0.289 e. The van der Waals surface area contributed by atoms with Crippen LogP contribution in [0.25, 0.3) is 11.4 Å². The molecule has 2 aromatic rings. The Hall–Kier alpha value is -1.22. The molecule has 0 saturated heterocycles. The van der Waals surface area contributed by atoms with Crippen LogP contribution in [-0.4, -0.2) is 10.3 Å². The third kappa shape index (κ3) is 8.13. The van der Waals surface area contributed by atoms with Crippen molar-refractivity contribution in [1.82, 2.24) is 4.57 Å². The Morgan fingerprint density at radius 2 is 1.48 bits per heavy atom. The number of aryl methyl sites for hydroxylation is 1. The van der Waals surface area contributed by atoms with Crippen LogP contribution in [0, 0.1) is 0 Å². The normalized spacial score (nSPS) is 11.2. The van der Waals surface area contributed by atoms with Crippen LogP contribution in [0.2, 0.25) is 0 Å². The van der Waals surface area contributed by atoms with E-state index in [0.29, 0.717) is 0 Å². The van der Waals surface area contributed by atoms with E-state index in [2.05, 4.69) is 77.5 Å². The standard InChI is InChI=1S/C24H39N2S/c1-3-5-7-9-10-14-18-25-19-20-26(22-27-21-15-8-6-4-2)24(25)23-16-12-11-13-17-23/h11-13,16-17,19-20H,3-10,14-15,18,21-22H2,1-2H3/q+1. The fourth-order valence-electron chi connectivity index (χ4n) is 3.53. The lowest BCUT2D eigenvalue weighted by atomic mass is 10.1. The van der Waals surface area contributed by atoms with Gasteiger partial charge in [0.2, 0.25) is 0 Å². The molecule has 1 aromatic carbocycles. The van der Waals surface area contributed by atoms with Crippen LogP contribution in [0.15, 0.2) is 42.7 Å². The van der Waals surface area contributed by atoms with Gasteiger partial charge in [0.05, 0.1) is 12.1 Å². The molecule has 150 valence electrons. The summed E-state index contributed by atoms with van der Waals surface area (Å²) in [5.41, 5.74) is 1.33. The fraction of sp³-hybridized carbons (Fsp3) is 0.625. The molecule has 0 radical (unpaired) electrons. The Morgan fingerprint density at radius 3 is 2.22 bits per heavy atom. The van der Waals surface area contributed by atoms with Crippen molar-refractivity contribution in [2.45, 2.75) is 90.5 Å². The van der Waals surface area contributed by atoms with Gasteiger partial charge in [0.1, 0.15) is 18.3 Å². The Labute approximate surface area is 171 Å². The molecule has 0 N–H and O–H groups in total. The maximum atomic E-state index is 2.47. The van der Waals surface area contributed by atoms with Gasteiger partial charge in [0.25, 0.3) is 5.82 Å². The van der Waals surface area contributed by atoms with Gasteiger partial charge in [-0.3, -0.25) is 0 Å². The number of hydrogen-bond donors (Lipinski definition) is 0. The van der Waals surface area contributed by atoms with Crippen molar-refractivity contribution >= 4 is 11.8 Å². The van der Waals surface area contributed by atoms with E-state index in [1.165, 1.54) is 81.3 Å².